The Morgan fingerprint density at radius 3 is 1.58 bits per heavy atom. The molecule has 12 N–H and O–H groups in total. The Balaban J connectivity index is 1.62. The van der Waals surface area contributed by atoms with Gasteiger partial charge in [0.15, 0.2) is 25.2 Å². The third kappa shape index (κ3) is 10.0. The Morgan fingerprint density at radius 1 is 0.481 bits per heavy atom. The van der Waals surface area contributed by atoms with Gasteiger partial charge in [0.25, 0.3) is 0 Å². The number of allylic oxidation sites excluding steroid dienone is 1. The maximum absolute atomic E-state index is 11.3. The van der Waals surface area contributed by atoms with Crippen molar-refractivity contribution >= 4 is 0 Å². The maximum Gasteiger partial charge on any atom is 0.187 e. The Hall–Kier alpha value is -1.06. The van der Waals surface area contributed by atoms with Crippen molar-refractivity contribution in [2.24, 2.45) is 0 Å². The van der Waals surface area contributed by atoms with Gasteiger partial charge in [-0.1, -0.05) is 18.9 Å². The summed E-state index contributed by atoms with van der Waals surface area (Å²) in [7, 11) is 0. The van der Waals surface area contributed by atoms with Crippen LogP contribution >= 0.6 is 0 Å². The van der Waals surface area contributed by atoms with E-state index >= 15 is 0 Å². The van der Waals surface area contributed by atoms with Gasteiger partial charge in [0.05, 0.1) is 25.9 Å². The molecule has 0 bridgehead atoms. The molecule has 0 aliphatic carbocycles. The summed E-state index contributed by atoms with van der Waals surface area (Å²) in [5.74, 6) is 0. The van der Waals surface area contributed by atoms with Crippen molar-refractivity contribution in [2.75, 3.05) is 26.4 Å². The first-order valence-electron chi connectivity index (χ1n) is 17.5. The fourth-order valence-corrected chi connectivity index (χ4v) is 6.52. The summed E-state index contributed by atoms with van der Waals surface area (Å²) in [6.07, 6.45) is -28.0. The average molecular weight is 761 g/mol. The van der Waals surface area contributed by atoms with Crippen molar-refractivity contribution in [3.63, 3.8) is 0 Å². The highest BCUT2D eigenvalue weighted by molar-refractivity contribution is 4.98. The summed E-state index contributed by atoms with van der Waals surface area (Å²) in [5.41, 5.74) is 0. The second-order valence-electron chi connectivity index (χ2n) is 13.5. The summed E-state index contributed by atoms with van der Waals surface area (Å²) in [6.45, 7) is 2.75. The zero-order valence-electron chi connectivity index (χ0n) is 28.8. The van der Waals surface area contributed by atoms with Crippen LogP contribution in [0.4, 0.5) is 0 Å². The first kappa shape index (κ1) is 43.7. The zero-order valence-corrected chi connectivity index (χ0v) is 28.8. The van der Waals surface area contributed by atoms with Crippen molar-refractivity contribution in [1.29, 1.82) is 0 Å². The van der Waals surface area contributed by atoms with E-state index in [2.05, 4.69) is 6.58 Å². The van der Waals surface area contributed by atoms with E-state index in [4.69, 9.17) is 37.9 Å². The first-order chi connectivity index (χ1) is 24.8. The molecule has 0 aromatic carbocycles. The molecule has 0 amide bonds. The third-order valence-corrected chi connectivity index (χ3v) is 9.74. The van der Waals surface area contributed by atoms with Gasteiger partial charge in [-0.2, -0.15) is 0 Å². The summed E-state index contributed by atoms with van der Waals surface area (Å²) >= 11 is 0. The Labute approximate surface area is 300 Å². The van der Waals surface area contributed by atoms with Crippen LogP contribution in [0.5, 0.6) is 0 Å². The summed E-state index contributed by atoms with van der Waals surface area (Å²) in [6, 6.07) is 0. The normalized spacial score (nSPS) is 47.3. The smallest absolute Gasteiger partial charge is 0.187 e. The quantitative estimate of drug-likeness (QED) is 0.0486. The highest BCUT2D eigenvalue weighted by Gasteiger charge is 2.56. The van der Waals surface area contributed by atoms with Gasteiger partial charge in [-0.05, 0) is 26.2 Å². The lowest BCUT2D eigenvalue weighted by Crippen LogP contribution is -2.68. The highest BCUT2D eigenvalue weighted by Crippen LogP contribution is 2.36. The Kier molecular flexibility index (Phi) is 17.0. The van der Waals surface area contributed by atoms with Crippen LogP contribution in [0.1, 0.15) is 39.0 Å². The summed E-state index contributed by atoms with van der Waals surface area (Å²) in [5, 5.41) is 126. The minimum absolute atomic E-state index is 0.138. The average Bonchev–Trinajstić information content (AvgIpc) is 3.13. The molecule has 4 aliphatic rings. The number of unbranched alkanes of at least 4 members (excludes halogenated alkanes) is 4. The van der Waals surface area contributed by atoms with E-state index in [9.17, 15) is 61.3 Å². The van der Waals surface area contributed by atoms with Crippen molar-refractivity contribution in [3.05, 3.63) is 12.7 Å². The molecule has 20 atom stereocenters. The van der Waals surface area contributed by atoms with Crippen LogP contribution in [-0.2, 0) is 37.9 Å². The lowest BCUT2D eigenvalue weighted by Gasteiger charge is -2.50. The molecule has 4 aliphatic heterocycles. The number of hydrogen-bond donors (Lipinski definition) is 12. The van der Waals surface area contributed by atoms with Crippen LogP contribution < -0.4 is 0 Å². The van der Waals surface area contributed by atoms with Crippen molar-refractivity contribution in [2.45, 2.75) is 162 Å². The molecule has 52 heavy (non-hydrogen) atoms. The second kappa shape index (κ2) is 20.2. The predicted octanol–water partition coefficient (Wildman–Crippen LogP) is -5.56. The van der Waals surface area contributed by atoms with Gasteiger partial charge >= 0.3 is 0 Å². The van der Waals surface area contributed by atoms with E-state index in [1.54, 1.807) is 0 Å². The van der Waals surface area contributed by atoms with Crippen LogP contribution in [0.15, 0.2) is 12.7 Å². The van der Waals surface area contributed by atoms with E-state index < -0.39 is 143 Å². The SMILES string of the molecule is C=CCCCCCCO[C@@H]1OC(CO)[C@H](O)C(O[C@@H]2OC(CO)[C@H](O)C(O[C@H]3OC(CO)[C@H](O)[C@H](O)C3O)[C@@H]2O[C@@H]2OC(C)[C@@H](O)C(O)[C@@H]2O)[C@@H]1O. The van der Waals surface area contributed by atoms with Gasteiger partial charge < -0.3 is 99.2 Å². The lowest BCUT2D eigenvalue weighted by atomic mass is 9.95. The molecule has 20 heteroatoms. The molecular formula is C32H56O20. The van der Waals surface area contributed by atoms with Crippen LogP contribution in [0, 0.1) is 0 Å². The molecule has 0 aromatic heterocycles. The van der Waals surface area contributed by atoms with Gasteiger partial charge in [-0.15, -0.1) is 6.58 Å². The molecular weight excluding hydrogens is 704 g/mol. The van der Waals surface area contributed by atoms with Crippen molar-refractivity contribution < 1.29 is 99.2 Å². The molecule has 20 nitrogen and oxygen atoms in total. The molecule has 4 fully saturated rings. The molecule has 4 heterocycles. The van der Waals surface area contributed by atoms with E-state index in [-0.39, 0.29) is 6.61 Å². The fourth-order valence-electron chi connectivity index (χ4n) is 6.52. The maximum atomic E-state index is 11.3. The molecule has 0 spiro atoms. The van der Waals surface area contributed by atoms with Gasteiger partial charge in [-0.3, -0.25) is 0 Å². The number of ether oxygens (including phenoxy) is 8. The predicted molar refractivity (Wildman–Crippen MR) is 169 cm³/mol. The minimum Gasteiger partial charge on any atom is -0.394 e. The molecule has 0 aromatic rings. The fraction of sp³-hybridized carbons (Fsp3) is 0.938. The van der Waals surface area contributed by atoms with Gasteiger partial charge in [0.1, 0.15) is 91.6 Å². The van der Waals surface area contributed by atoms with Gasteiger partial charge in [0.2, 0.25) is 0 Å². The second-order valence-corrected chi connectivity index (χ2v) is 13.5. The summed E-state index contributed by atoms with van der Waals surface area (Å²) in [4.78, 5) is 0. The molecule has 0 saturated carbocycles. The van der Waals surface area contributed by atoms with E-state index in [1.165, 1.54) is 6.92 Å². The van der Waals surface area contributed by atoms with Crippen molar-refractivity contribution in [3.8, 4) is 0 Å². The molecule has 4 saturated heterocycles. The molecule has 0 radical (unpaired) electrons. The standard InChI is InChI=1S/C32H56O20/c1-3-4-5-6-7-8-9-45-29-25(44)26(19(38)15(11-34)47-29)50-32-28(52-30-23(42)21(40)17(36)13(2)46-30)27(20(39)16(12-35)49-32)51-31-24(43)22(41)18(37)14(10-33)48-31/h3,13-44H,1,4-12H2,2H3/t13?,14?,15?,16?,17-,18+,19+,20+,21?,22+,23+,24?,25+,26?,27?,28+,29-,30+,31-,32+/m1/s1. The minimum atomic E-state index is -1.97. The van der Waals surface area contributed by atoms with Crippen LogP contribution in [0.3, 0.4) is 0 Å². The summed E-state index contributed by atoms with van der Waals surface area (Å²) < 4.78 is 46.1. The molecule has 304 valence electrons. The number of hydrogen-bond acceptors (Lipinski definition) is 20. The monoisotopic (exact) mass is 760 g/mol. The Morgan fingerprint density at radius 2 is 0.962 bits per heavy atom. The van der Waals surface area contributed by atoms with E-state index in [0.717, 1.165) is 25.7 Å². The topological polar surface area (TPSA) is 317 Å². The third-order valence-electron chi connectivity index (χ3n) is 9.74. The number of aliphatic hydroxyl groups is 12. The van der Waals surface area contributed by atoms with Gasteiger partial charge in [-0.25, -0.2) is 0 Å². The molecule has 4 rings (SSSR count). The number of rotatable bonds is 17. The molecule has 8 unspecified atom stereocenters. The van der Waals surface area contributed by atoms with Crippen LogP contribution in [-0.4, -0.2) is 211 Å². The largest absolute Gasteiger partial charge is 0.394 e. The zero-order chi connectivity index (χ0) is 38.3. The Bertz CT molecular complexity index is 1060. The number of aliphatic hydroxyl groups excluding tert-OH is 12. The highest BCUT2D eigenvalue weighted by atomic mass is 16.8. The van der Waals surface area contributed by atoms with Crippen LogP contribution in [0.25, 0.3) is 0 Å². The lowest BCUT2D eigenvalue weighted by molar-refractivity contribution is -0.405. The van der Waals surface area contributed by atoms with Crippen LogP contribution in [0.2, 0.25) is 0 Å². The van der Waals surface area contributed by atoms with Crippen molar-refractivity contribution in [1.82, 2.24) is 0 Å². The van der Waals surface area contributed by atoms with E-state index in [0.29, 0.717) is 6.42 Å². The van der Waals surface area contributed by atoms with Gasteiger partial charge in [0, 0.05) is 6.61 Å². The van der Waals surface area contributed by atoms with E-state index in [1.807, 2.05) is 6.08 Å². The first-order valence-corrected chi connectivity index (χ1v) is 17.5.